The van der Waals surface area contributed by atoms with E-state index in [0.29, 0.717) is 6.54 Å². The molecule has 3 aromatic rings. The molecule has 3 rings (SSSR count). The van der Waals surface area contributed by atoms with Gasteiger partial charge >= 0.3 is 0 Å². The van der Waals surface area contributed by atoms with Crippen LogP contribution in [0.25, 0.3) is 0 Å². The van der Waals surface area contributed by atoms with Crippen LogP contribution in [0.1, 0.15) is 11.1 Å². The first kappa shape index (κ1) is 23.8. The molecule has 0 heterocycles. The third kappa shape index (κ3) is 5.69. The lowest BCUT2D eigenvalue weighted by Crippen LogP contribution is -2.41. The van der Waals surface area contributed by atoms with Crippen LogP contribution >= 0.6 is 11.8 Å². The van der Waals surface area contributed by atoms with Crippen LogP contribution in [0.4, 0.5) is 10.1 Å². The number of hydrogen-bond acceptors (Lipinski definition) is 4. The minimum Gasteiger partial charge on any atom is -0.340 e. The zero-order chi connectivity index (χ0) is 23.3. The Morgan fingerprint density at radius 2 is 1.66 bits per heavy atom. The number of hydrogen-bond donors (Lipinski definition) is 0. The minimum absolute atomic E-state index is 0.0357. The highest BCUT2D eigenvalue weighted by molar-refractivity contribution is 7.98. The van der Waals surface area contributed by atoms with Crippen LogP contribution in [0.3, 0.4) is 0 Å². The van der Waals surface area contributed by atoms with Crippen molar-refractivity contribution in [3.8, 4) is 0 Å². The summed E-state index contributed by atoms with van der Waals surface area (Å²) in [5, 5.41) is 0. The van der Waals surface area contributed by atoms with Gasteiger partial charge in [0.25, 0.3) is 10.0 Å². The molecule has 0 bridgehead atoms. The molecule has 32 heavy (non-hydrogen) atoms. The second kappa shape index (κ2) is 10.2. The number of nitrogens with zero attached hydrogens (tertiary/aromatic N) is 2. The maximum absolute atomic E-state index is 13.9. The lowest BCUT2D eigenvalue weighted by Gasteiger charge is -2.27. The molecule has 0 aliphatic carbocycles. The maximum atomic E-state index is 13.9. The number of benzene rings is 3. The van der Waals surface area contributed by atoms with E-state index < -0.39 is 28.3 Å². The molecule has 0 fully saturated rings. The average molecular weight is 473 g/mol. The first-order valence-corrected chi connectivity index (χ1v) is 12.6. The third-order valence-electron chi connectivity index (χ3n) is 4.99. The number of thioether (sulfide) groups is 1. The fraction of sp³-hybridized carbons (Fsp3) is 0.208. The van der Waals surface area contributed by atoms with Crippen molar-refractivity contribution in [1.29, 1.82) is 0 Å². The van der Waals surface area contributed by atoms with Crippen LogP contribution in [0.2, 0.25) is 0 Å². The standard InChI is InChI=1S/C24H25FN2O3S2/c1-18-7-9-19(10-8-18)16-26(2)24(28)17-27(21-6-4-5-20(25)15-21)32(29,30)23-13-11-22(31-3)12-14-23/h4-15H,16-17H2,1-3H3. The fourth-order valence-electron chi connectivity index (χ4n) is 3.12. The van der Waals surface area contributed by atoms with Crippen LogP contribution < -0.4 is 4.31 Å². The molecule has 0 N–H and O–H groups in total. The van der Waals surface area contributed by atoms with Gasteiger partial charge in [-0.1, -0.05) is 35.9 Å². The molecule has 0 spiro atoms. The van der Waals surface area contributed by atoms with E-state index in [9.17, 15) is 17.6 Å². The predicted octanol–water partition coefficient (Wildman–Crippen LogP) is 4.71. The lowest BCUT2D eigenvalue weighted by molar-refractivity contribution is -0.128. The summed E-state index contributed by atoms with van der Waals surface area (Å²) in [5.41, 5.74) is 2.13. The van der Waals surface area contributed by atoms with E-state index in [4.69, 9.17) is 0 Å². The summed E-state index contributed by atoms with van der Waals surface area (Å²) < 4.78 is 41.7. The maximum Gasteiger partial charge on any atom is 0.264 e. The number of halogens is 1. The number of carbonyl (C=O) groups is 1. The van der Waals surface area contributed by atoms with E-state index in [2.05, 4.69) is 0 Å². The SMILES string of the molecule is CSc1ccc(S(=O)(=O)N(CC(=O)N(C)Cc2ccc(C)cc2)c2cccc(F)c2)cc1. The van der Waals surface area contributed by atoms with Crippen LogP contribution in [-0.4, -0.2) is 39.1 Å². The predicted molar refractivity (Wildman–Crippen MR) is 127 cm³/mol. The van der Waals surface area contributed by atoms with Crippen molar-refractivity contribution in [2.75, 3.05) is 24.2 Å². The highest BCUT2D eigenvalue weighted by Crippen LogP contribution is 2.26. The molecule has 8 heteroatoms. The van der Waals surface area contributed by atoms with Gasteiger partial charge in [-0.2, -0.15) is 0 Å². The average Bonchev–Trinajstić information content (AvgIpc) is 2.78. The van der Waals surface area contributed by atoms with Crippen molar-refractivity contribution in [2.45, 2.75) is 23.3 Å². The molecule has 0 atom stereocenters. The Kier molecular flexibility index (Phi) is 7.58. The fourth-order valence-corrected chi connectivity index (χ4v) is 4.93. The molecule has 0 saturated heterocycles. The highest BCUT2D eigenvalue weighted by atomic mass is 32.2. The lowest BCUT2D eigenvalue weighted by atomic mass is 10.1. The summed E-state index contributed by atoms with van der Waals surface area (Å²) >= 11 is 1.49. The van der Waals surface area contributed by atoms with E-state index in [-0.39, 0.29) is 10.6 Å². The van der Waals surface area contributed by atoms with E-state index >= 15 is 0 Å². The molecule has 0 unspecified atom stereocenters. The zero-order valence-electron chi connectivity index (χ0n) is 18.2. The van der Waals surface area contributed by atoms with Gasteiger partial charge in [0, 0.05) is 18.5 Å². The summed E-state index contributed by atoms with van der Waals surface area (Å²) in [6.07, 6.45) is 1.89. The number of aryl methyl sites for hydroxylation is 1. The Morgan fingerprint density at radius 3 is 2.25 bits per heavy atom. The Hall–Kier alpha value is -2.84. The van der Waals surface area contributed by atoms with Gasteiger partial charge in [0.15, 0.2) is 0 Å². The number of amides is 1. The Balaban J connectivity index is 1.90. The van der Waals surface area contributed by atoms with Crippen LogP contribution in [0.15, 0.2) is 82.6 Å². The summed E-state index contributed by atoms with van der Waals surface area (Å²) in [6, 6.07) is 19.4. The number of sulfonamides is 1. The van der Waals surface area contributed by atoms with E-state index in [1.54, 1.807) is 19.2 Å². The van der Waals surface area contributed by atoms with Crippen molar-refractivity contribution < 1.29 is 17.6 Å². The molecule has 168 valence electrons. The molecule has 0 aromatic heterocycles. The quantitative estimate of drug-likeness (QED) is 0.446. The zero-order valence-corrected chi connectivity index (χ0v) is 19.8. The largest absolute Gasteiger partial charge is 0.340 e. The van der Waals surface area contributed by atoms with Gasteiger partial charge in [-0.25, -0.2) is 12.8 Å². The van der Waals surface area contributed by atoms with Crippen molar-refractivity contribution in [3.05, 3.63) is 89.7 Å². The van der Waals surface area contributed by atoms with Crippen molar-refractivity contribution in [3.63, 3.8) is 0 Å². The van der Waals surface area contributed by atoms with Crippen molar-refractivity contribution >= 4 is 33.4 Å². The van der Waals surface area contributed by atoms with Gasteiger partial charge in [-0.3, -0.25) is 9.10 Å². The number of anilines is 1. The summed E-state index contributed by atoms with van der Waals surface area (Å²) in [4.78, 5) is 15.4. The summed E-state index contributed by atoms with van der Waals surface area (Å²) in [6.45, 7) is 1.86. The molecule has 0 saturated carbocycles. The molecular weight excluding hydrogens is 447 g/mol. The van der Waals surface area contributed by atoms with E-state index in [1.165, 1.54) is 47.0 Å². The number of carbonyl (C=O) groups excluding carboxylic acids is 1. The molecule has 0 aliphatic rings. The first-order valence-electron chi connectivity index (χ1n) is 9.92. The molecule has 1 amide bonds. The second-order valence-corrected chi connectivity index (χ2v) is 10.1. The topological polar surface area (TPSA) is 57.7 Å². The van der Waals surface area contributed by atoms with Crippen LogP contribution in [0.5, 0.6) is 0 Å². The van der Waals surface area contributed by atoms with Crippen LogP contribution in [0, 0.1) is 12.7 Å². The van der Waals surface area contributed by atoms with Crippen molar-refractivity contribution in [1.82, 2.24) is 4.90 Å². The number of rotatable bonds is 8. The molecule has 3 aromatic carbocycles. The highest BCUT2D eigenvalue weighted by Gasteiger charge is 2.28. The Bertz CT molecular complexity index is 1180. The minimum atomic E-state index is -4.09. The first-order chi connectivity index (χ1) is 15.2. The molecule has 5 nitrogen and oxygen atoms in total. The van der Waals surface area contributed by atoms with E-state index in [1.807, 2.05) is 37.4 Å². The monoisotopic (exact) mass is 472 g/mol. The number of likely N-dealkylation sites (N-methyl/N-ethyl adjacent to an activating group) is 1. The smallest absolute Gasteiger partial charge is 0.264 e. The third-order valence-corrected chi connectivity index (χ3v) is 7.52. The van der Waals surface area contributed by atoms with Crippen LogP contribution in [-0.2, 0) is 21.4 Å². The molecule has 0 aliphatic heterocycles. The van der Waals surface area contributed by atoms with Gasteiger partial charge < -0.3 is 4.90 Å². The summed E-state index contributed by atoms with van der Waals surface area (Å²) in [7, 11) is -2.48. The van der Waals surface area contributed by atoms with Gasteiger partial charge in [0.1, 0.15) is 12.4 Å². The Morgan fingerprint density at radius 1 is 1.00 bits per heavy atom. The molecule has 0 radical (unpaired) electrons. The summed E-state index contributed by atoms with van der Waals surface area (Å²) in [5.74, 6) is -0.986. The second-order valence-electron chi connectivity index (χ2n) is 7.40. The van der Waals surface area contributed by atoms with Gasteiger partial charge in [-0.15, -0.1) is 11.8 Å². The molecular formula is C24H25FN2O3S2. The van der Waals surface area contributed by atoms with Gasteiger partial charge in [0.05, 0.1) is 10.6 Å². The normalized spacial score (nSPS) is 11.2. The van der Waals surface area contributed by atoms with E-state index in [0.717, 1.165) is 26.4 Å². The van der Waals surface area contributed by atoms with Gasteiger partial charge in [0.2, 0.25) is 5.91 Å². The van der Waals surface area contributed by atoms with Crippen molar-refractivity contribution in [2.24, 2.45) is 0 Å². The van der Waals surface area contributed by atoms with Gasteiger partial charge in [-0.05, 0) is 61.2 Å². The Labute approximate surface area is 192 Å².